The normalized spacial score (nSPS) is 21.2. The maximum Gasteiger partial charge on any atom is 0.290 e. The van der Waals surface area contributed by atoms with Gasteiger partial charge in [0.05, 0.1) is 5.69 Å². The standard InChI is InChI=1S/C23H31N3O2S/c1-29-20-11-5-7-17(13-20)15-26-12-6-8-18(16-26)21-14-22(28-25-21)23(27)24-19-9-3-2-4-10-19/h5,7,11,13-14,18-19H,2-4,6,8-10,12,15-16H2,1H3,(H,24,27)/t18-/m0/s1. The predicted molar refractivity (Wildman–Crippen MR) is 116 cm³/mol. The third-order valence-corrected chi connectivity index (χ3v) is 6.88. The topological polar surface area (TPSA) is 58.4 Å². The van der Waals surface area contributed by atoms with Crippen LogP contribution in [-0.4, -0.2) is 41.4 Å². The Balaban J connectivity index is 1.35. The minimum absolute atomic E-state index is 0.114. The van der Waals surface area contributed by atoms with Crippen molar-refractivity contribution in [2.24, 2.45) is 0 Å². The van der Waals surface area contributed by atoms with Crippen molar-refractivity contribution in [3.63, 3.8) is 0 Å². The summed E-state index contributed by atoms with van der Waals surface area (Å²) in [4.78, 5) is 16.3. The Morgan fingerprint density at radius 2 is 2.07 bits per heavy atom. The summed E-state index contributed by atoms with van der Waals surface area (Å²) >= 11 is 1.78. The quantitative estimate of drug-likeness (QED) is 0.687. The molecule has 4 rings (SSSR count). The van der Waals surface area contributed by atoms with E-state index in [-0.39, 0.29) is 11.9 Å². The van der Waals surface area contributed by atoms with Crippen molar-refractivity contribution in [1.29, 1.82) is 0 Å². The average molecular weight is 414 g/mol. The number of aromatic nitrogens is 1. The van der Waals surface area contributed by atoms with E-state index in [4.69, 9.17) is 4.52 Å². The number of piperidine rings is 1. The van der Waals surface area contributed by atoms with Crippen LogP contribution in [0.2, 0.25) is 0 Å². The zero-order valence-electron chi connectivity index (χ0n) is 17.2. The van der Waals surface area contributed by atoms with E-state index < -0.39 is 0 Å². The summed E-state index contributed by atoms with van der Waals surface area (Å²) in [5.41, 5.74) is 2.27. The van der Waals surface area contributed by atoms with Gasteiger partial charge in [0.1, 0.15) is 0 Å². The smallest absolute Gasteiger partial charge is 0.290 e. The fraction of sp³-hybridized carbons (Fsp3) is 0.565. The lowest BCUT2D eigenvalue weighted by Gasteiger charge is -2.31. The van der Waals surface area contributed by atoms with Crippen LogP contribution in [0.3, 0.4) is 0 Å². The van der Waals surface area contributed by atoms with Crippen LogP contribution in [0.4, 0.5) is 0 Å². The second kappa shape index (κ2) is 9.81. The molecule has 1 aliphatic heterocycles. The zero-order valence-corrected chi connectivity index (χ0v) is 18.0. The summed E-state index contributed by atoms with van der Waals surface area (Å²) < 4.78 is 5.42. The number of amides is 1. The Morgan fingerprint density at radius 1 is 1.21 bits per heavy atom. The van der Waals surface area contributed by atoms with Crippen LogP contribution in [0, 0.1) is 0 Å². The lowest BCUT2D eigenvalue weighted by atomic mass is 9.94. The van der Waals surface area contributed by atoms with E-state index in [1.807, 2.05) is 6.07 Å². The van der Waals surface area contributed by atoms with E-state index in [1.54, 1.807) is 11.8 Å². The van der Waals surface area contributed by atoms with Crippen molar-refractivity contribution in [1.82, 2.24) is 15.4 Å². The van der Waals surface area contributed by atoms with Gasteiger partial charge in [0.25, 0.3) is 5.91 Å². The molecule has 0 radical (unpaired) electrons. The first-order valence-electron chi connectivity index (χ1n) is 10.8. The van der Waals surface area contributed by atoms with Gasteiger partial charge in [-0.15, -0.1) is 11.8 Å². The molecule has 1 atom stereocenters. The van der Waals surface area contributed by atoms with Crippen LogP contribution < -0.4 is 5.32 Å². The van der Waals surface area contributed by atoms with E-state index in [0.29, 0.717) is 11.7 Å². The number of benzene rings is 1. The average Bonchev–Trinajstić information content (AvgIpc) is 3.25. The molecule has 1 saturated heterocycles. The highest BCUT2D eigenvalue weighted by Crippen LogP contribution is 2.28. The number of rotatable bonds is 6. The second-order valence-corrected chi connectivity index (χ2v) is 9.23. The monoisotopic (exact) mass is 413 g/mol. The number of hydrogen-bond donors (Lipinski definition) is 1. The van der Waals surface area contributed by atoms with Gasteiger partial charge < -0.3 is 9.84 Å². The van der Waals surface area contributed by atoms with Crippen molar-refractivity contribution in [3.8, 4) is 0 Å². The molecule has 6 heteroatoms. The molecule has 0 spiro atoms. The Labute approximate surface area is 177 Å². The minimum Gasteiger partial charge on any atom is -0.351 e. The first-order chi connectivity index (χ1) is 14.2. The fourth-order valence-corrected chi connectivity index (χ4v) is 5.05. The third-order valence-electron chi connectivity index (χ3n) is 6.16. The molecule has 29 heavy (non-hydrogen) atoms. The summed E-state index contributed by atoms with van der Waals surface area (Å²) in [5, 5.41) is 7.38. The molecule has 2 aliphatic rings. The van der Waals surface area contributed by atoms with Crippen LogP contribution in [0.1, 0.15) is 72.7 Å². The highest BCUT2D eigenvalue weighted by Gasteiger charge is 2.26. The molecule has 5 nitrogen and oxygen atoms in total. The van der Waals surface area contributed by atoms with Gasteiger partial charge >= 0.3 is 0 Å². The van der Waals surface area contributed by atoms with Gasteiger partial charge in [0, 0.05) is 36.0 Å². The molecule has 1 aromatic carbocycles. The Kier molecular flexibility index (Phi) is 6.93. The van der Waals surface area contributed by atoms with Crippen LogP contribution in [0.5, 0.6) is 0 Å². The molecule has 156 valence electrons. The molecule has 2 fully saturated rings. The Bertz CT molecular complexity index is 816. The summed E-state index contributed by atoms with van der Waals surface area (Å²) in [6, 6.07) is 10.9. The molecular formula is C23H31N3O2S. The molecule has 1 amide bonds. The molecule has 2 heterocycles. The van der Waals surface area contributed by atoms with Crippen molar-refractivity contribution in [3.05, 3.63) is 47.3 Å². The van der Waals surface area contributed by atoms with E-state index in [2.05, 4.69) is 45.9 Å². The van der Waals surface area contributed by atoms with Crippen LogP contribution >= 0.6 is 11.8 Å². The molecular weight excluding hydrogens is 382 g/mol. The molecule has 1 saturated carbocycles. The highest BCUT2D eigenvalue weighted by atomic mass is 32.2. The van der Waals surface area contributed by atoms with E-state index >= 15 is 0 Å². The van der Waals surface area contributed by atoms with E-state index in [1.165, 1.54) is 29.7 Å². The fourth-order valence-electron chi connectivity index (χ4n) is 4.56. The van der Waals surface area contributed by atoms with E-state index in [0.717, 1.165) is 51.0 Å². The SMILES string of the molecule is CSc1cccc(CN2CCC[C@H](c3cc(C(=O)NC4CCCCC4)on3)C2)c1. The summed E-state index contributed by atoms with van der Waals surface area (Å²) in [6.45, 7) is 3.02. The first-order valence-corrected chi connectivity index (χ1v) is 12.1. The summed E-state index contributed by atoms with van der Waals surface area (Å²) in [6.07, 6.45) is 10.2. The first kappa shape index (κ1) is 20.5. The maximum atomic E-state index is 12.5. The van der Waals surface area contributed by atoms with Gasteiger partial charge in [-0.25, -0.2) is 0 Å². The number of carbonyl (C=O) groups is 1. The summed E-state index contributed by atoms with van der Waals surface area (Å²) in [7, 11) is 0. The van der Waals surface area contributed by atoms with Gasteiger partial charge in [-0.3, -0.25) is 9.69 Å². The van der Waals surface area contributed by atoms with Gasteiger partial charge in [0.15, 0.2) is 0 Å². The van der Waals surface area contributed by atoms with Gasteiger partial charge in [0.2, 0.25) is 5.76 Å². The largest absolute Gasteiger partial charge is 0.351 e. The summed E-state index contributed by atoms with van der Waals surface area (Å²) in [5.74, 6) is 0.569. The minimum atomic E-state index is -0.114. The molecule has 2 aromatic rings. The van der Waals surface area contributed by atoms with Crippen LogP contribution in [-0.2, 0) is 6.54 Å². The van der Waals surface area contributed by atoms with Gasteiger partial charge in [-0.05, 0) is 56.2 Å². The lowest BCUT2D eigenvalue weighted by Crippen LogP contribution is -2.36. The van der Waals surface area contributed by atoms with Crippen molar-refractivity contribution in [2.75, 3.05) is 19.3 Å². The number of carbonyl (C=O) groups excluding carboxylic acids is 1. The molecule has 0 unspecified atom stereocenters. The highest BCUT2D eigenvalue weighted by molar-refractivity contribution is 7.98. The molecule has 1 aliphatic carbocycles. The van der Waals surface area contributed by atoms with Crippen molar-refractivity contribution >= 4 is 17.7 Å². The van der Waals surface area contributed by atoms with Crippen molar-refractivity contribution < 1.29 is 9.32 Å². The number of hydrogen-bond acceptors (Lipinski definition) is 5. The zero-order chi connectivity index (χ0) is 20.1. The Hall–Kier alpha value is -1.79. The Morgan fingerprint density at radius 3 is 2.90 bits per heavy atom. The number of nitrogens with one attached hydrogen (secondary N) is 1. The number of nitrogens with zero attached hydrogens (tertiary/aromatic N) is 2. The van der Waals surface area contributed by atoms with E-state index in [9.17, 15) is 4.79 Å². The van der Waals surface area contributed by atoms with Gasteiger partial charge in [-0.1, -0.05) is 36.6 Å². The lowest BCUT2D eigenvalue weighted by molar-refractivity contribution is 0.0890. The van der Waals surface area contributed by atoms with Crippen molar-refractivity contribution in [2.45, 2.75) is 68.3 Å². The molecule has 0 bridgehead atoms. The number of thioether (sulfide) groups is 1. The van der Waals surface area contributed by atoms with Crippen LogP contribution in [0.15, 0.2) is 39.8 Å². The van der Waals surface area contributed by atoms with Gasteiger partial charge in [-0.2, -0.15) is 0 Å². The molecule has 1 aromatic heterocycles. The maximum absolute atomic E-state index is 12.5. The second-order valence-electron chi connectivity index (χ2n) is 8.35. The van der Waals surface area contributed by atoms with Crippen LogP contribution in [0.25, 0.3) is 0 Å². The number of likely N-dealkylation sites (tertiary alicyclic amines) is 1. The third kappa shape index (κ3) is 5.43. The predicted octanol–water partition coefficient (Wildman–Crippen LogP) is 4.84. The molecule has 1 N–H and O–H groups in total.